The Labute approximate surface area is 173 Å². The molecule has 1 aliphatic carbocycles. The Kier molecular flexibility index (Phi) is 6.20. The summed E-state index contributed by atoms with van der Waals surface area (Å²) in [5.41, 5.74) is 2.52. The molecule has 2 heterocycles. The number of rotatable bonds is 5. The average Bonchev–Trinajstić information content (AvgIpc) is 3.09. The Morgan fingerprint density at radius 2 is 1.90 bits per heavy atom. The number of carbonyl (C=O) groups excluding carboxylic acids is 2. The highest BCUT2D eigenvalue weighted by molar-refractivity contribution is 6.03. The van der Waals surface area contributed by atoms with E-state index in [9.17, 15) is 14.7 Å². The van der Waals surface area contributed by atoms with E-state index in [4.69, 9.17) is 0 Å². The van der Waals surface area contributed by atoms with Crippen LogP contribution in [0.15, 0.2) is 18.2 Å². The van der Waals surface area contributed by atoms with Crippen LogP contribution in [-0.4, -0.2) is 60.6 Å². The van der Waals surface area contributed by atoms with E-state index in [2.05, 4.69) is 10.2 Å². The minimum absolute atomic E-state index is 0.122. The summed E-state index contributed by atoms with van der Waals surface area (Å²) in [7, 11) is 1.62. The molecule has 2 fully saturated rings. The number of β-amino-alcohol motifs (C(OH)–C–C–N with tert-alkyl or cyclic N) is 1. The molecule has 29 heavy (non-hydrogen) atoms. The van der Waals surface area contributed by atoms with Crippen LogP contribution in [-0.2, 0) is 11.2 Å². The van der Waals surface area contributed by atoms with E-state index in [1.165, 1.54) is 19.3 Å². The number of likely N-dealkylation sites (tertiary alicyclic amines) is 1. The van der Waals surface area contributed by atoms with Crippen molar-refractivity contribution >= 4 is 17.5 Å². The highest BCUT2D eigenvalue weighted by Crippen LogP contribution is 2.34. The van der Waals surface area contributed by atoms with Crippen LogP contribution in [0.2, 0.25) is 0 Å². The average molecular weight is 400 g/mol. The van der Waals surface area contributed by atoms with Crippen molar-refractivity contribution in [3.63, 3.8) is 0 Å². The summed E-state index contributed by atoms with van der Waals surface area (Å²) in [6, 6.07) is 5.78. The zero-order valence-corrected chi connectivity index (χ0v) is 17.4. The number of aliphatic hydroxyl groups is 1. The number of nitrogens with one attached hydrogen (secondary N) is 1. The molecule has 1 aromatic carbocycles. The summed E-state index contributed by atoms with van der Waals surface area (Å²) >= 11 is 0. The fraction of sp³-hybridized carbons (Fsp3) is 0.652. The normalized spacial score (nSPS) is 22.6. The lowest BCUT2D eigenvalue weighted by molar-refractivity contribution is -0.118. The number of carbonyl (C=O) groups is 2. The van der Waals surface area contributed by atoms with E-state index in [1.54, 1.807) is 13.1 Å². The molecular formula is C23H33N3O3. The third kappa shape index (κ3) is 4.33. The van der Waals surface area contributed by atoms with E-state index in [0.29, 0.717) is 17.9 Å². The van der Waals surface area contributed by atoms with Gasteiger partial charge in [-0.3, -0.25) is 9.59 Å². The standard InChI is InChI=1S/C23H33N3O3/c1-24-23(29)17-7-8-20-18(13-17)14-22(28)26(20)19-9-11-25(12-10-19)15-21(27)16-5-3-2-4-6-16/h7-8,13,16,19,21,27H,2-6,9-12,14-15H2,1H3,(H,24,29). The van der Waals surface area contributed by atoms with Crippen molar-refractivity contribution in [3.05, 3.63) is 29.3 Å². The fourth-order valence-electron chi connectivity index (χ4n) is 5.32. The van der Waals surface area contributed by atoms with Gasteiger partial charge in [-0.05, 0) is 55.4 Å². The number of nitrogens with zero attached hydrogens (tertiary/aromatic N) is 2. The van der Waals surface area contributed by atoms with Crippen LogP contribution in [0.3, 0.4) is 0 Å². The highest BCUT2D eigenvalue weighted by Gasteiger charge is 2.35. The maximum absolute atomic E-state index is 12.7. The molecule has 6 nitrogen and oxygen atoms in total. The van der Waals surface area contributed by atoms with Gasteiger partial charge in [0.15, 0.2) is 0 Å². The van der Waals surface area contributed by atoms with Crippen LogP contribution >= 0.6 is 0 Å². The van der Waals surface area contributed by atoms with Crippen LogP contribution in [0, 0.1) is 5.92 Å². The largest absolute Gasteiger partial charge is 0.392 e. The van der Waals surface area contributed by atoms with Crippen LogP contribution < -0.4 is 10.2 Å². The molecule has 0 bridgehead atoms. The molecule has 1 saturated carbocycles. The maximum atomic E-state index is 12.7. The monoisotopic (exact) mass is 399 g/mol. The van der Waals surface area contributed by atoms with Crippen LogP contribution in [0.1, 0.15) is 60.9 Å². The molecule has 1 saturated heterocycles. The summed E-state index contributed by atoms with van der Waals surface area (Å²) in [4.78, 5) is 28.9. The smallest absolute Gasteiger partial charge is 0.251 e. The van der Waals surface area contributed by atoms with Crippen molar-refractivity contribution in [2.75, 3.05) is 31.6 Å². The van der Waals surface area contributed by atoms with E-state index < -0.39 is 0 Å². The fourth-order valence-corrected chi connectivity index (χ4v) is 5.32. The molecule has 0 spiro atoms. The van der Waals surface area contributed by atoms with Gasteiger partial charge in [0, 0.05) is 44.0 Å². The van der Waals surface area contributed by atoms with Gasteiger partial charge in [0.2, 0.25) is 5.91 Å². The van der Waals surface area contributed by atoms with Crippen LogP contribution in [0.25, 0.3) is 0 Å². The number of anilines is 1. The molecular weight excluding hydrogens is 366 g/mol. The Morgan fingerprint density at radius 1 is 1.17 bits per heavy atom. The molecule has 4 rings (SSSR count). The van der Waals surface area contributed by atoms with Crippen molar-refractivity contribution in [2.45, 2.75) is 63.5 Å². The number of aliphatic hydroxyl groups excluding tert-OH is 1. The Morgan fingerprint density at radius 3 is 2.59 bits per heavy atom. The number of fused-ring (bicyclic) bond motifs is 1. The van der Waals surface area contributed by atoms with Crippen molar-refractivity contribution in [1.29, 1.82) is 0 Å². The number of amides is 2. The third-order valence-corrected chi connectivity index (χ3v) is 7.00. The first-order valence-corrected chi connectivity index (χ1v) is 11.1. The zero-order chi connectivity index (χ0) is 20.4. The van der Waals surface area contributed by atoms with Crippen LogP contribution in [0.5, 0.6) is 0 Å². The predicted octanol–water partition coefficient (Wildman–Crippen LogP) is 2.34. The zero-order valence-electron chi connectivity index (χ0n) is 17.4. The van der Waals surface area contributed by atoms with Gasteiger partial charge >= 0.3 is 0 Å². The summed E-state index contributed by atoms with van der Waals surface area (Å²) in [5.74, 6) is 0.473. The molecule has 0 aromatic heterocycles. The van der Waals surface area contributed by atoms with Crippen molar-refractivity contribution in [2.24, 2.45) is 5.92 Å². The van der Waals surface area contributed by atoms with Gasteiger partial charge in [0.25, 0.3) is 5.91 Å². The lowest BCUT2D eigenvalue weighted by Gasteiger charge is -2.39. The predicted molar refractivity (Wildman–Crippen MR) is 113 cm³/mol. The van der Waals surface area contributed by atoms with E-state index in [0.717, 1.165) is 56.6 Å². The van der Waals surface area contributed by atoms with E-state index in [1.807, 2.05) is 17.0 Å². The number of piperidine rings is 1. The number of benzene rings is 1. The quantitative estimate of drug-likeness (QED) is 0.797. The molecule has 2 aliphatic heterocycles. The molecule has 2 N–H and O–H groups in total. The second-order valence-corrected chi connectivity index (χ2v) is 8.86. The lowest BCUT2D eigenvalue weighted by atomic mass is 9.85. The SMILES string of the molecule is CNC(=O)c1ccc2c(c1)CC(=O)N2C1CCN(CC(O)C2CCCCC2)CC1. The second kappa shape index (κ2) is 8.84. The van der Waals surface area contributed by atoms with Gasteiger partial charge < -0.3 is 20.2 Å². The van der Waals surface area contributed by atoms with Gasteiger partial charge in [-0.25, -0.2) is 0 Å². The molecule has 1 unspecified atom stereocenters. The van der Waals surface area contributed by atoms with E-state index >= 15 is 0 Å². The molecule has 6 heteroatoms. The first-order valence-electron chi connectivity index (χ1n) is 11.1. The second-order valence-electron chi connectivity index (χ2n) is 8.86. The van der Waals surface area contributed by atoms with Crippen molar-refractivity contribution < 1.29 is 14.7 Å². The van der Waals surface area contributed by atoms with Gasteiger partial charge in [-0.15, -0.1) is 0 Å². The summed E-state index contributed by atoms with van der Waals surface area (Å²) in [6.07, 6.45) is 8.15. The lowest BCUT2D eigenvalue weighted by Crippen LogP contribution is -2.48. The minimum atomic E-state index is -0.218. The molecule has 3 aliphatic rings. The molecule has 1 atom stereocenters. The van der Waals surface area contributed by atoms with Gasteiger partial charge in [-0.1, -0.05) is 19.3 Å². The Balaban J connectivity index is 1.35. The Hall–Kier alpha value is -1.92. The molecule has 1 aromatic rings. The van der Waals surface area contributed by atoms with Gasteiger partial charge in [-0.2, -0.15) is 0 Å². The van der Waals surface area contributed by atoms with Crippen LogP contribution in [0.4, 0.5) is 5.69 Å². The van der Waals surface area contributed by atoms with Crippen molar-refractivity contribution in [1.82, 2.24) is 10.2 Å². The van der Waals surface area contributed by atoms with Crippen molar-refractivity contribution in [3.8, 4) is 0 Å². The summed E-state index contributed by atoms with van der Waals surface area (Å²) < 4.78 is 0. The van der Waals surface area contributed by atoms with E-state index in [-0.39, 0.29) is 24.0 Å². The topological polar surface area (TPSA) is 72.9 Å². The minimum Gasteiger partial charge on any atom is -0.392 e. The van der Waals surface area contributed by atoms with Gasteiger partial charge in [0.05, 0.1) is 12.5 Å². The first kappa shape index (κ1) is 20.4. The molecule has 2 amide bonds. The third-order valence-electron chi connectivity index (χ3n) is 7.00. The molecule has 0 radical (unpaired) electrons. The van der Waals surface area contributed by atoms with Gasteiger partial charge in [0.1, 0.15) is 0 Å². The number of hydrogen-bond donors (Lipinski definition) is 2. The number of hydrogen-bond acceptors (Lipinski definition) is 4. The molecule has 158 valence electrons. The Bertz CT molecular complexity index is 752. The maximum Gasteiger partial charge on any atom is 0.251 e. The summed E-state index contributed by atoms with van der Waals surface area (Å²) in [6.45, 7) is 2.60. The highest BCUT2D eigenvalue weighted by atomic mass is 16.3. The summed E-state index contributed by atoms with van der Waals surface area (Å²) in [5, 5.41) is 13.3. The first-order chi connectivity index (χ1) is 14.1.